The van der Waals surface area contributed by atoms with Gasteiger partial charge in [-0.1, -0.05) is 0 Å². The number of rotatable bonds is 8. The summed E-state index contributed by atoms with van der Waals surface area (Å²) in [5, 5.41) is 3.79. The first-order chi connectivity index (χ1) is 14.4. The number of methoxy groups -OCH3 is 1. The summed E-state index contributed by atoms with van der Waals surface area (Å²) in [6, 6.07) is 12.3. The highest BCUT2D eigenvalue weighted by molar-refractivity contribution is 5.94. The SMILES string of the molecule is COc1ccc2[nH]c(C)c(CC(=O)Oc3ccc(C(=O)NCCN(C)C)cc3)c2c1. The van der Waals surface area contributed by atoms with E-state index in [1.807, 2.05) is 44.1 Å². The number of carbonyl (C=O) groups excluding carboxylic acids is 2. The van der Waals surface area contributed by atoms with E-state index in [-0.39, 0.29) is 18.3 Å². The van der Waals surface area contributed by atoms with Gasteiger partial charge in [-0.05, 0) is 69.0 Å². The molecule has 3 rings (SSSR count). The molecule has 1 aromatic heterocycles. The number of esters is 1. The number of likely N-dealkylation sites (N-methyl/N-ethyl adjacent to an activating group) is 1. The first kappa shape index (κ1) is 21.4. The van der Waals surface area contributed by atoms with Gasteiger partial charge in [0.2, 0.25) is 0 Å². The molecule has 1 amide bonds. The first-order valence-electron chi connectivity index (χ1n) is 9.76. The van der Waals surface area contributed by atoms with E-state index < -0.39 is 0 Å². The second-order valence-electron chi connectivity index (χ2n) is 7.37. The van der Waals surface area contributed by atoms with E-state index in [1.165, 1.54) is 0 Å². The number of nitrogens with one attached hydrogen (secondary N) is 2. The summed E-state index contributed by atoms with van der Waals surface area (Å²) >= 11 is 0. The second-order valence-corrected chi connectivity index (χ2v) is 7.37. The van der Waals surface area contributed by atoms with Crippen LogP contribution in [0.25, 0.3) is 10.9 Å². The molecule has 2 N–H and O–H groups in total. The summed E-state index contributed by atoms with van der Waals surface area (Å²) in [4.78, 5) is 29.9. The number of H-pyrrole nitrogens is 1. The number of nitrogens with zero attached hydrogens (tertiary/aromatic N) is 1. The topological polar surface area (TPSA) is 83.7 Å². The summed E-state index contributed by atoms with van der Waals surface area (Å²) in [6.45, 7) is 3.26. The maximum atomic E-state index is 12.5. The van der Waals surface area contributed by atoms with Crippen LogP contribution >= 0.6 is 0 Å². The van der Waals surface area contributed by atoms with Crippen molar-refractivity contribution in [1.29, 1.82) is 0 Å². The van der Waals surface area contributed by atoms with Crippen molar-refractivity contribution in [3.63, 3.8) is 0 Å². The van der Waals surface area contributed by atoms with Crippen LogP contribution in [0.4, 0.5) is 0 Å². The van der Waals surface area contributed by atoms with Gasteiger partial charge in [-0.2, -0.15) is 0 Å². The zero-order valence-corrected chi connectivity index (χ0v) is 17.7. The Morgan fingerprint density at radius 3 is 2.43 bits per heavy atom. The number of carbonyl (C=O) groups is 2. The minimum absolute atomic E-state index is 0.131. The Bertz CT molecular complexity index is 1040. The highest BCUT2D eigenvalue weighted by Crippen LogP contribution is 2.27. The molecule has 0 aliphatic heterocycles. The van der Waals surface area contributed by atoms with E-state index >= 15 is 0 Å². The van der Waals surface area contributed by atoms with Gasteiger partial charge in [0.25, 0.3) is 5.91 Å². The first-order valence-corrected chi connectivity index (χ1v) is 9.76. The zero-order chi connectivity index (χ0) is 21.7. The number of hydrogen-bond acceptors (Lipinski definition) is 5. The van der Waals surface area contributed by atoms with Crippen molar-refractivity contribution in [1.82, 2.24) is 15.2 Å². The minimum atomic E-state index is -0.370. The number of fused-ring (bicyclic) bond motifs is 1. The Morgan fingerprint density at radius 2 is 1.77 bits per heavy atom. The number of benzene rings is 2. The molecule has 0 radical (unpaired) electrons. The molecule has 0 unspecified atom stereocenters. The standard InChI is InChI=1S/C23H27N3O4/c1-15-19(20-13-18(29-4)9-10-21(20)25-15)14-22(27)30-17-7-5-16(6-8-17)23(28)24-11-12-26(2)3/h5-10,13,25H,11-12,14H2,1-4H3,(H,24,28). The van der Waals surface area contributed by atoms with Gasteiger partial charge >= 0.3 is 5.97 Å². The lowest BCUT2D eigenvalue weighted by Gasteiger charge is -2.10. The fourth-order valence-corrected chi connectivity index (χ4v) is 3.20. The number of aromatic amines is 1. The van der Waals surface area contributed by atoms with Crippen LogP contribution < -0.4 is 14.8 Å². The lowest BCUT2D eigenvalue weighted by molar-refractivity contribution is -0.133. The van der Waals surface area contributed by atoms with Crippen molar-refractivity contribution in [3.8, 4) is 11.5 Å². The predicted molar refractivity (Wildman–Crippen MR) is 116 cm³/mol. The van der Waals surface area contributed by atoms with E-state index in [2.05, 4.69) is 10.3 Å². The summed E-state index contributed by atoms with van der Waals surface area (Å²) in [5.41, 5.74) is 3.26. The molecule has 30 heavy (non-hydrogen) atoms. The van der Waals surface area contributed by atoms with Crippen LogP contribution in [0, 0.1) is 6.92 Å². The van der Waals surface area contributed by atoms with E-state index in [4.69, 9.17) is 9.47 Å². The van der Waals surface area contributed by atoms with Gasteiger partial charge in [0.15, 0.2) is 0 Å². The molecule has 0 bridgehead atoms. The fourth-order valence-electron chi connectivity index (χ4n) is 3.20. The van der Waals surface area contributed by atoms with Gasteiger partial charge in [0, 0.05) is 35.2 Å². The lowest BCUT2D eigenvalue weighted by Crippen LogP contribution is -2.31. The maximum Gasteiger partial charge on any atom is 0.315 e. The molecule has 0 spiro atoms. The van der Waals surface area contributed by atoms with Crippen molar-refractivity contribution in [2.24, 2.45) is 0 Å². The summed E-state index contributed by atoms with van der Waals surface area (Å²) < 4.78 is 10.8. The molecule has 2 aromatic carbocycles. The monoisotopic (exact) mass is 409 g/mol. The minimum Gasteiger partial charge on any atom is -0.497 e. The Kier molecular flexibility index (Phi) is 6.74. The van der Waals surface area contributed by atoms with Crippen molar-refractivity contribution >= 4 is 22.8 Å². The number of aromatic nitrogens is 1. The van der Waals surface area contributed by atoms with E-state index in [0.717, 1.165) is 34.5 Å². The molecule has 0 saturated carbocycles. The fraction of sp³-hybridized carbons (Fsp3) is 0.304. The smallest absolute Gasteiger partial charge is 0.315 e. The number of aryl methyl sites for hydroxylation is 1. The number of hydrogen-bond donors (Lipinski definition) is 2. The molecular weight excluding hydrogens is 382 g/mol. The Balaban J connectivity index is 1.63. The van der Waals surface area contributed by atoms with Crippen LogP contribution in [0.15, 0.2) is 42.5 Å². The Hall–Kier alpha value is -3.32. The second kappa shape index (κ2) is 9.45. The summed E-state index contributed by atoms with van der Waals surface area (Å²) in [5.74, 6) is 0.610. The van der Waals surface area contributed by atoms with Crippen LogP contribution in [-0.2, 0) is 11.2 Å². The van der Waals surface area contributed by atoms with Crippen molar-refractivity contribution < 1.29 is 19.1 Å². The quantitative estimate of drug-likeness (QED) is 0.442. The van der Waals surface area contributed by atoms with E-state index in [1.54, 1.807) is 31.4 Å². The molecule has 158 valence electrons. The third-order valence-corrected chi connectivity index (χ3v) is 4.84. The molecule has 7 heteroatoms. The summed E-state index contributed by atoms with van der Waals surface area (Å²) in [7, 11) is 5.51. The third kappa shape index (κ3) is 5.18. The summed E-state index contributed by atoms with van der Waals surface area (Å²) in [6.07, 6.45) is 0.131. The molecule has 1 heterocycles. The van der Waals surface area contributed by atoms with Crippen molar-refractivity contribution in [2.75, 3.05) is 34.3 Å². The van der Waals surface area contributed by atoms with Gasteiger partial charge in [0.05, 0.1) is 13.5 Å². The maximum absolute atomic E-state index is 12.5. The van der Waals surface area contributed by atoms with Gasteiger partial charge in [0.1, 0.15) is 11.5 Å². The highest BCUT2D eigenvalue weighted by atomic mass is 16.5. The van der Waals surface area contributed by atoms with Crippen LogP contribution in [0.1, 0.15) is 21.6 Å². The Morgan fingerprint density at radius 1 is 1.07 bits per heavy atom. The van der Waals surface area contributed by atoms with Crippen LogP contribution in [0.5, 0.6) is 11.5 Å². The largest absolute Gasteiger partial charge is 0.497 e. The molecule has 7 nitrogen and oxygen atoms in total. The normalized spacial score (nSPS) is 11.0. The van der Waals surface area contributed by atoms with Crippen molar-refractivity contribution in [3.05, 3.63) is 59.3 Å². The molecule has 0 fully saturated rings. The van der Waals surface area contributed by atoms with Crippen molar-refractivity contribution in [2.45, 2.75) is 13.3 Å². The molecule has 0 aliphatic rings. The predicted octanol–water partition coefficient (Wildman–Crippen LogP) is 2.92. The number of ether oxygens (including phenoxy) is 2. The Labute approximate surface area is 176 Å². The molecular formula is C23H27N3O4. The zero-order valence-electron chi connectivity index (χ0n) is 17.7. The van der Waals surface area contributed by atoms with E-state index in [9.17, 15) is 9.59 Å². The third-order valence-electron chi connectivity index (χ3n) is 4.84. The van der Waals surface area contributed by atoms with Crippen LogP contribution in [0.3, 0.4) is 0 Å². The molecule has 0 aliphatic carbocycles. The van der Waals surface area contributed by atoms with Gasteiger partial charge in [-0.3, -0.25) is 9.59 Å². The molecule has 0 saturated heterocycles. The van der Waals surface area contributed by atoms with Crippen LogP contribution in [-0.4, -0.2) is 56.1 Å². The van der Waals surface area contributed by atoms with E-state index in [0.29, 0.717) is 17.9 Å². The van der Waals surface area contributed by atoms with Gasteiger partial charge in [-0.25, -0.2) is 0 Å². The highest BCUT2D eigenvalue weighted by Gasteiger charge is 2.15. The average molecular weight is 409 g/mol. The van der Waals surface area contributed by atoms with Gasteiger partial charge < -0.3 is 24.7 Å². The molecule has 0 atom stereocenters. The number of amides is 1. The lowest BCUT2D eigenvalue weighted by atomic mass is 10.1. The van der Waals surface area contributed by atoms with Crippen LogP contribution in [0.2, 0.25) is 0 Å². The van der Waals surface area contributed by atoms with Gasteiger partial charge in [-0.15, -0.1) is 0 Å². The average Bonchev–Trinajstić information content (AvgIpc) is 3.02. The molecule has 3 aromatic rings.